The predicted molar refractivity (Wildman–Crippen MR) is 304 cm³/mol. The van der Waals surface area contributed by atoms with E-state index in [0.29, 0.717) is 85.7 Å². The van der Waals surface area contributed by atoms with Gasteiger partial charge in [-0.15, -0.1) is 11.3 Å². The molecule has 3 aliphatic rings. The van der Waals surface area contributed by atoms with Crippen LogP contribution >= 0.6 is 11.3 Å². The lowest BCUT2D eigenvalue weighted by atomic mass is 9.85. The summed E-state index contributed by atoms with van der Waals surface area (Å²) in [5.41, 5.74) is 6.98. The number of carbonyl (C=O) groups excluding carboxylic acids is 4. The Bertz CT molecular complexity index is 2930. The molecule has 19 heteroatoms. The van der Waals surface area contributed by atoms with Crippen molar-refractivity contribution in [3.05, 3.63) is 107 Å². The third kappa shape index (κ3) is 15.6. The van der Waals surface area contributed by atoms with Crippen LogP contribution in [-0.4, -0.2) is 135 Å². The number of rotatable bonds is 23. The molecule has 0 bridgehead atoms. The Morgan fingerprint density at radius 1 is 0.899 bits per heavy atom. The molecule has 79 heavy (non-hydrogen) atoms. The number of nitrogens with zero attached hydrogens (tertiary/aromatic N) is 6. The van der Waals surface area contributed by atoms with Crippen LogP contribution < -0.4 is 16.0 Å². The lowest BCUT2D eigenvalue weighted by Gasteiger charge is -2.35. The summed E-state index contributed by atoms with van der Waals surface area (Å²) < 4.78 is 36.3. The summed E-state index contributed by atoms with van der Waals surface area (Å²) in [5, 5.41) is 28.1. The molecule has 3 aliphatic heterocycles. The molecule has 4 amide bonds. The van der Waals surface area contributed by atoms with E-state index in [9.17, 15) is 24.3 Å². The number of ether oxygens (including phenoxy) is 1. The molecule has 5 heterocycles. The number of morpholine rings is 1. The average molecular weight is 1100 g/mol. The predicted octanol–water partition coefficient (Wildman–Crippen LogP) is 8.73. The van der Waals surface area contributed by atoms with E-state index in [1.165, 1.54) is 23.2 Å². The number of allylic oxidation sites excluding steroid dienone is 1. The Morgan fingerprint density at radius 3 is 2.24 bits per heavy atom. The molecule has 5 N–H and O–H groups in total. The number of β-amino-alcohol motifs (C(OH)–C–C–N with tert-alkyl or cyclic N) is 1. The van der Waals surface area contributed by atoms with Crippen LogP contribution in [0.1, 0.15) is 120 Å². The fourth-order valence-corrected chi connectivity index (χ4v) is 11.4. The molecule has 3 saturated heterocycles. The maximum atomic E-state index is 15.4. The van der Waals surface area contributed by atoms with Crippen LogP contribution in [0, 0.1) is 29.4 Å². The van der Waals surface area contributed by atoms with Crippen molar-refractivity contribution in [2.45, 2.75) is 142 Å². The molecule has 5 aromatic rings. The van der Waals surface area contributed by atoms with Crippen molar-refractivity contribution in [2.75, 3.05) is 45.9 Å². The highest BCUT2D eigenvalue weighted by Crippen LogP contribution is 2.32. The third-order valence-electron chi connectivity index (χ3n) is 15.3. The minimum Gasteiger partial charge on any atom is -0.391 e. The van der Waals surface area contributed by atoms with E-state index < -0.39 is 35.2 Å². The minimum absolute atomic E-state index is 0.0149. The molecular weight excluding hydrogens is 1030 g/mol. The normalized spacial score (nSPS) is 17.9. The topological polar surface area (TPSA) is 206 Å². The number of fused-ring (bicyclic) bond motifs is 1. The Morgan fingerprint density at radius 2 is 1.58 bits per heavy atom. The number of unbranched alkanes of at least 4 members (excludes halogenated alkanes) is 6. The maximum Gasteiger partial charge on any atom is 0.246 e. The second-order valence-electron chi connectivity index (χ2n) is 22.2. The number of aryl methyl sites for hydroxylation is 1. The monoisotopic (exact) mass is 1100 g/mol. The SMILES string of the molecule is Cc1ncsc1-c1ccc(CNC(=O)C2CC(O)CN2C(=O)[C@@H](NC(=O)CCCCCCCCCC(=O)N2CCC(N/C=C(\C=N)c3cnc4cccc(-c5cc(F)c(CN6CCOCC6)c(F)c5)c4n3)CC2)C(C)(C)C)cc1. The molecule has 3 aromatic carbocycles. The standard InChI is InChI=1S/C60H76F2N10O6S/c1-39-56(79-38-67-39)41-19-17-40(18-20-41)33-66-58(76)52-31-45(73)36-72(52)59(77)57(60(2,3)4)69-53(74)15-10-8-6-5-7-9-11-16-54(75)71-23-21-44(22-24-71)64-34-43(32-63)51-35-65-50-14-12-13-46(55(50)68-51)42-29-48(61)47(49(62)30-42)37-70-25-27-78-28-26-70/h12-14,17-20,29-30,32,34-35,38,44-45,52,57,63-64,73H,5-11,15-16,21-28,31,33,36-37H2,1-4H3,(H,66,76)(H,69,74)/b43-34+,63-32?/t45?,52?,57-/m1/s1. The number of aliphatic hydroxyl groups is 1. The van der Waals surface area contributed by atoms with Gasteiger partial charge in [-0.3, -0.25) is 29.1 Å². The smallest absolute Gasteiger partial charge is 0.246 e. The first kappa shape index (κ1) is 58.6. The fourth-order valence-electron chi connectivity index (χ4n) is 10.6. The summed E-state index contributed by atoms with van der Waals surface area (Å²) in [6, 6.07) is 14.3. The third-order valence-corrected chi connectivity index (χ3v) is 16.3. The highest BCUT2D eigenvalue weighted by molar-refractivity contribution is 7.13. The number of likely N-dealkylation sites (tertiary alicyclic amines) is 2. The molecule has 3 fully saturated rings. The largest absolute Gasteiger partial charge is 0.391 e. The number of carbonyl (C=O) groups is 4. The van der Waals surface area contributed by atoms with Crippen LogP contribution in [0.25, 0.3) is 38.2 Å². The van der Waals surface area contributed by atoms with Gasteiger partial charge in [0, 0.05) is 100 Å². The second-order valence-corrected chi connectivity index (χ2v) is 23.1. The molecule has 2 aromatic heterocycles. The number of nitrogens with one attached hydrogen (secondary N) is 4. The molecule has 8 rings (SSSR count). The van der Waals surface area contributed by atoms with Gasteiger partial charge in [0.25, 0.3) is 0 Å². The number of hydrogen-bond acceptors (Lipinski definition) is 13. The molecule has 0 radical (unpaired) electrons. The van der Waals surface area contributed by atoms with Gasteiger partial charge in [-0.2, -0.15) is 0 Å². The number of hydrogen-bond donors (Lipinski definition) is 5. The molecule has 0 spiro atoms. The van der Waals surface area contributed by atoms with Gasteiger partial charge in [0.05, 0.1) is 58.3 Å². The van der Waals surface area contributed by atoms with E-state index in [-0.39, 0.29) is 67.7 Å². The van der Waals surface area contributed by atoms with Crippen LogP contribution in [0.3, 0.4) is 0 Å². The summed E-state index contributed by atoms with van der Waals surface area (Å²) >= 11 is 1.58. The van der Waals surface area contributed by atoms with Gasteiger partial charge in [-0.05, 0) is 72.9 Å². The summed E-state index contributed by atoms with van der Waals surface area (Å²) in [5.74, 6) is -2.04. The molecule has 422 valence electrons. The number of benzene rings is 3. The Hall–Kier alpha value is -6.54. The number of halogens is 2. The van der Waals surface area contributed by atoms with Crippen LogP contribution in [-0.2, 0) is 37.0 Å². The van der Waals surface area contributed by atoms with Gasteiger partial charge >= 0.3 is 0 Å². The van der Waals surface area contributed by atoms with Gasteiger partial charge < -0.3 is 41.0 Å². The van der Waals surface area contributed by atoms with Crippen molar-refractivity contribution in [1.82, 2.24) is 45.6 Å². The zero-order valence-electron chi connectivity index (χ0n) is 46.0. The Balaban J connectivity index is 0.709. The van der Waals surface area contributed by atoms with Crippen LogP contribution in [0.15, 0.2) is 72.5 Å². The Kier molecular flexibility index (Phi) is 20.4. The summed E-state index contributed by atoms with van der Waals surface area (Å²) in [6.07, 6.45) is 12.3. The maximum absolute atomic E-state index is 15.4. The molecule has 0 saturated carbocycles. The zero-order valence-corrected chi connectivity index (χ0v) is 46.8. The van der Waals surface area contributed by atoms with Crippen molar-refractivity contribution in [2.24, 2.45) is 5.41 Å². The van der Waals surface area contributed by atoms with Gasteiger partial charge in [0.15, 0.2) is 0 Å². The van der Waals surface area contributed by atoms with E-state index in [1.54, 1.807) is 41.9 Å². The first-order valence-electron chi connectivity index (χ1n) is 27.9. The number of aromatic nitrogens is 3. The second kappa shape index (κ2) is 27.6. The van der Waals surface area contributed by atoms with Crippen LogP contribution in [0.2, 0.25) is 0 Å². The summed E-state index contributed by atoms with van der Waals surface area (Å²) in [6.45, 7) is 11.6. The van der Waals surface area contributed by atoms with E-state index in [2.05, 4.69) is 25.9 Å². The Labute approximate surface area is 466 Å². The molecule has 16 nitrogen and oxygen atoms in total. The summed E-state index contributed by atoms with van der Waals surface area (Å²) in [4.78, 5) is 74.1. The average Bonchev–Trinajstić information content (AvgIpc) is 4.20. The number of piperidine rings is 1. The van der Waals surface area contributed by atoms with Crippen LogP contribution in [0.4, 0.5) is 8.78 Å². The van der Waals surface area contributed by atoms with Gasteiger partial charge in [0.1, 0.15) is 23.7 Å². The van der Waals surface area contributed by atoms with Gasteiger partial charge in [-0.1, -0.05) is 89.3 Å². The number of aliphatic hydroxyl groups excluding tert-OH is 1. The minimum atomic E-state index is -0.876. The van der Waals surface area contributed by atoms with Crippen molar-refractivity contribution < 1.29 is 37.8 Å². The van der Waals surface area contributed by atoms with Gasteiger partial charge in [0.2, 0.25) is 23.6 Å². The molecule has 2 unspecified atom stereocenters. The molecule has 3 atom stereocenters. The molecule has 0 aliphatic carbocycles. The fraction of sp³-hybridized carbons (Fsp3) is 0.500. The number of amides is 4. The van der Waals surface area contributed by atoms with Crippen molar-refractivity contribution in [1.29, 1.82) is 5.41 Å². The first-order valence-corrected chi connectivity index (χ1v) is 28.8. The van der Waals surface area contributed by atoms with E-state index in [1.807, 2.05) is 67.3 Å². The van der Waals surface area contributed by atoms with E-state index in [0.717, 1.165) is 73.1 Å². The van der Waals surface area contributed by atoms with Gasteiger partial charge in [-0.25, -0.2) is 18.7 Å². The lowest BCUT2D eigenvalue weighted by Crippen LogP contribution is -2.57. The zero-order chi connectivity index (χ0) is 56.1. The highest BCUT2D eigenvalue weighted by atomic mass is 32.1. The van der Waals surface area contributed by atoms with E-state index in [4.69, 9.17) is 15.1 Å². The van der Waals surface area contributed by atoms with Crippen molar-refractivity contribution in [3.8, 4) is 21.6 Å². The lowest BCUT2D eigenvalue weighted by molar-refractivity contribution is -0.144. The number of para-hydroxylation sites is 1. The van der Waals surface area contributed by atoms with Crippen LogP contribution in [0.5, 0.6) is 0 Å². The molecular formula is C60H76F2N10O6S. The number of thiazole rings is 1. The van der Waals surface area contributed by atoms with Crippen molar-refractivity contribution >= 4 is 57.8 Å². The van der Waals surface area contributed by atoms with E-state index >= 15 is 8.78 Å². The van der Waals surface area contributed by atoms with Crippen molar-refractivity contribution in [3.63, 3.8) is 0 Å². The highest BCUT2D eigenvalue weighted by Gasteiger charge is 2.44. The first-order chi connectivity index (χ1) is 38.1. The summed E-state index contributed by atoms with van der Waals surface area (Å²) in [7, 11) is 0. The quantitative estimate of drug-likeness (QED) is 0.0309.